The van der Waals surface area contributed by atoms with Crippen LogP contribution in [0.4, 0.5) is 0 Å². The molecule has 2 aliphatic rings. The molecule has 1 nitrogen and oxygen atoms in total. The van der Waals surface area contributed by atoms with Crippen LogP contribution in [0.1, 0.15) is 12.8 Å². The number of benzene rings is 3. The van der Waals surface area contributed by atoms with Crippen LogP contribution in [0.2, 0.25) is 0 Å². The van der Waals surface area contributed by atoms with Crippen LogP contribution in [0.3, 0.4) is 0 Å². The Bertz CT molecular complexity index is 839. The predicted molar refractivity (Wildman–Crippen MR) is 119 cm³/mol. The van der Waals surface area contributed by atoms with E-state index in [0.717, 1.165) is 12.5 Å². The van der Waals surface area contributed by atoms with E-state index >= 15 is 0 Å². The van der Waals surface area contributed by atoms with Crippen molar-refractivity contribution in [3.8, 4) is 0 Å². The van der Waals surface area contributed by atoms with Crippen LogP contribution < -0.4 is 15.6 Å². The van der Waals surface area contributed by atoms with Crippen molar-refractivity contribution in [1.29, 1.82) is 0 Å². The molecule has 3 unspecified atom stereocenters. The summed E-state index contributed by atoms with van der Waals surface area (Å²) in [5.41, 5.74) is 0. The second-order valence-electron chi connectivity index (χ2n) is 8.13. The van der Waals surface area contributed by atoms with Crippen molar-refractivity contribution in [2.45, 2.75) is 12.8 Å². The maximum atomic E-state index is 7.13. The molecule has 5 rings (SSSR count). The van der Waals surface area contributed by atoms with Crippen LogP contribution in [0.25, 0.3) is 0 Å². The van der Waals surface area contributed by atoms with Gasteiger partial charge in [0.1, 0.15) is 0 Å². The fourth-order valence-corrected chi connectivity index (χ4v) is 9.04. The van der Waals surface area contributed by atoms with Crippen molar-refractivity contribution in [1.82, 2.24) is 0 Å². The van der Waals surface area contributed by atoms with Gasteiger partial charge in [-0.2, -0.15) is 0 Å². The van der Waals surface area contributed by atoms with Crippen molar-refractivity contribution in [2.24, 2.45) is 17.8 Å². The first-order valence-corrected chi connectivity index (χ1v) is 12.3. The molecule has 1 fully saturated rings. The lowest BCUT2D eigenvalue weighted by molar-refractivity contribution is 0.229. The smallest absolute Gasteiger partial charge is 0.288 e. The third-order valence-electron chi connectivity index (χ3n) is 6.47. The van der Waals surface area contributed by atoms with E-state index in [9.17, 15) is 0 Å². The molecule has 0 aromatic heterocycles. The molecular formula is C26H26OSi. The number of hydrogen-bond acceptors (Lipinski definition) is 1. The molecule has 0 saturated heterocycles. The second-order valence-corrected chi connectivity index (χ2v) is 11.5. The van der Waals surface area contributed by atoms with Gasteiger partial charge >= 0.3 is 0 Å². The quantitative estimate of drug-likeness (QED) is 0.357. The van der Waals surface area contributed by atoms with Gasteiger partial charge in [-0.25, -0.2) is 0 Å². The third-order valence-corrected chi connectivity index (χ3v) is 10.5. The highest BCUT2D eigenvalue weighted by Gasteiger charge is 2.44. The molecule has 3 atom stereocenters. The molecule has 140 valence electrons. The van der Waals surface area contributed by atoms with Crippen LogP contribution >= 0.6 is 0 Å². The maximum absolute atomic E-state index is 7.13. The fraction of sp³-hybridized carbons (Fsp3) is 0.231. The van der Waals surface area contributed by atoms with Crippen molar-refractivity contribution < 1.29 is 4.43 Å². The van der Waals surface area contributed by atoms with Crippen LogP contribution in [0.5, 0.6) is 0 Å². The Labute approximate surface area is 168 Å². The topological polar surface area (TPSA) is 9.23 Å². The average molecular weight is 383 g/mol. The Hall–Kier alpha value is -2.42. The molecule has 0 amide bonds. The zero-order chi connectivity index (χ0) is 18.8. The van der Waals surface area contributed by atoms with Gasteiger partial charge < -0.3 is 4.43 Å². The molecule has 2 aliphatic carbocycles. The Morgan fingerprint density at radius 3 is 1.54 bits per heavy atom. The van der Waals surface area contributed by atoms with Crippen molar-refractivity contribution >= 4 is 23.9 Å². The van der Waals surface area contributed by atoms with E-state index < -0.39 is 8.32 Å². The first kappa shape index (κ1) is 17.7. The minimum Gasteiger partial charge on any atom is -0.404 e. The molecule has 2 heteroatoms. The minimum atomic E-state index is -2.54. The molecular weight excluding hydrogens is 356 g/mol. The van der Waals surface area contributed by atoms with Gasteiger partial charge in [-0.3, -0.25) is 0 Å². The molecule has 0 heterocycles. The van der Waals surface area contributed by atoms with Gasteiger partial charge in [0.2, 0.25) is 0 Å². The summed E-state index contributed by atoms with van der Waals surface area (Å²) in [7, 11) is -2.54. The zero-order valence-corrected chi connectivity index (χ0v) is 17.1. The summed E-state index contributed by atoms with van der Waals surface area (Å²) in [6.07, 6.45) is 7.45. The van der Waals surface area contributed by atoms with Gasteiger partial charge in [0.05, 0.1) is 0 Å². The first-order chi connectivity index (χ1) is 13.9. The fourth-order valence-electron chi connectivity index (χ4n) is 5.09. The normalized spacial score (nSPS) is 23.2. The van der Waals surface area contributed by atoms with E-state index in [0.29, 0.717) is 11.8 Å². The van der Waals surface area contributed by atoms with E-state index in [1.807, 2.05) is 0 Å². The highest BCUT2D eigenvalue weighted by Crippen LogP contribution is 2.43. The summed E-state index contributed by atoms with van der Waals surface area (Å²) in [5, 5.41) is 3.98. The summed E-state index contributed by atoms with van der Waals surface area (Å²) < 4.78 is 7.13. The van der Waals surface area contributed by atoms with E-state index in [4.69, 9.17) is 4.43 Å². The molecule has 0 radical (unpaired) electrons. The Morgan fingerprint density at radius 2 is 1.14 bits per heavy atom. The van der Waals surface area contributed by atoms with Gasteiger partial charge in [-0.1, -0.05) is 103 Å². The second kappa shape index (κ2) is 7.54. The van der Waals surface area contributed by atoms with Crippen LogP contribution in [-0.4, -0.2) is 14.9 Å². The SMILES string of the molecule is C1=CC2CC1CC2CO[Si](c1ccccc1)(c1ccccc1)c1ccccc1. The Balaban J connectivity index is 1.60. The third kappa shape index (κ3) is 3.07. The van der Waals surface area contributed by atoms with Gasteiger partial charge in [-0.05, 0) is 46.2 Å². The molecule has 1 saturated carbocycles. The molecule has 0 N–H and O–H groups in total. The number of fused-ring (bicyclic) bond motifs is 2. The minimum absolute atomic E-state index is 0.651. The molecule has 28 heavy (non-hydrogen) atoms. The largest absolute Gasteiger partial charge is 0.404 e. The molecule has 2 bridgehead atoms. The lowest BCUT2D eigenvalue weighted by atomic mass is 9.95. The van der Waals surface area contributed by atoms with Crippen molar-refractivity contribution in [2.75, 3.05) is 6.61 Å². The van der Waals surface area contributed by atoms with E-state index in [-0.39, 0.29) is 0 Å². The van der Waals surface area contributed by atoms with Crippen LogP contribution in [0, 0.1) is 17.8 Å². The highest BCUT2D eigenvalue weighted by molar-refractivity contribution is 7.07. The summed E-state index contributed by atoms with van der Waals surface area (Å²) in [6, 6.07) is 32.7. The van der Waals surface area contributed by atoms with E-state index in [1.165, 1.54) is 28.4 Å². The molecule has 3 aromatic carbocycles. The summed E-state index contributed by atoms with van der Waals surface area (Å²) in [4.78, 5) is 0. The Kier molecular flexibility index (Phi) is 4.75. The number of hydrogen-bond donors (Lipinski definition) is 0. The van der Waals surface area contributed by atoms with Gasteiger partial charge in [0, 0.05) is 6.61 Å². The summed E-state index contributed by atoms with van der Waals surface area (Å²) in [6.45, 7) is 0.844. The average Bonchev–Trinajstić information content (AvgIpc) is 3.40. The van der Waals surface area contributed by atoms with Gasteiger partial charge in [0.25, 0.3) is 8.32 Å². The molecule has 0 aliphatic heterocycles. The van der Waals surface area contributed by atoms with Gasteiger partial charge in [0.15, 0.2) is 0 Å². The van der Waals surface area contributed by atoms with E-state index in [1.54, 1.807) is 0 Å². The van der Waals surface area contributed by atoms with Crippen LogP contribution in [0.15, 0.2) is 103 Å². The lowest BCUT2D eigenvalue weighted by Crippen LogP contribution is -2.69. The Morgan fingerprint density at radius 1 is 0.643 bits per heavy atom. The van der Waals surface area contributed by atoms with Crippen molar-refractivity contribution in [3.05, 3.63) is 103 Å². The van der Waals surface area contributed by atoms with Crippen LogP contribution in [-0.2, 0) is 4.43 Å². The van der Waals surface area contributed by atoms with Gasteiger partial charge in [-0.15, -0.1) is 0 Å². The molecule has 0 spiro atoms. The standard InChI is InChI=1S/C26H26OSi/c1-4-10-24(11-5-1)28(25-12-6-2-7-13-25,26-14-8-3-9-15-26)27-20-23-19-21-16-17-22(23)18-21/h1-17,21-23H,18-20H2. The number of rotatable bonds is 6. The summed E-state index contributed by atoms with van der Waals surface area (Å²) in [5.74, 6) is 2.14. The number of allylic oxidation sites excluding steroid dienone is 2. The lowest BCUT2D eigenvalue weighted by Gasteiger charge is -2.35. The van der Waals surface area contributed by atoms with Crippen molar-refractivity contribution in [3.63, 3.8) is 0 Å². The summed E-state index contributed by atoms with van der Waals surface area (Å²) >= 11 is 0. The monoisotopic (exact) mass is 382 g/mol. The van der Waals surface area contributed by atoms with E-state index in [2.05, 4.69) is 103 Å². The first-order valence-electron chi connectivity index (χ1n) is 10.3. The predicted octanol–water partition coefficient (Wildman–Crippen LogP) is 3.88. The zero-order valence-electron chi connectivity index (χ0n) is 16.1. The maximum Gasteiger partial charge on any atom is 0.288 e. The highest BCUT2D eigenvalue weighted by atomic mass is 28.4. The molecule has 3 aromatic rings.